The number of rotatable bonds is 5. The third-order valence-electron chi connectivity index (χ3n) is 4.84. The zero-order chi connectivity index (χ0) is 20.4. The van der Waals surface area contributed by atoms with E-state index >= 15 is 0 Å². The molecule has 0 fully saturated rings. The number of hydrogen-bond donors (Lipinski definition) is 0. The fraction of sp³-hybridized carbons (Fsp3) is 0.136. The highest BCUT2D eigenvalue weighted by Crippen LogP contribution is 2.37. The number of ether oxygens (including phenoxy) is 1. The quantitative estimate of drug-likeness (QED) is 0.627. The summed E-state index contributed by atoms with van der Waals surface area (Å²) >= 11 is 0. The fourth-order valence-electron chi connectivity index (χ4n) is 3.30. The lowest BCUT2D eigenvalue weighted by Crippen LogP contribution is -2.27. The second kappa shape index (κ2) is 7.67. The molecule has 0 aromatic heterocycles. The monoisotopic (exact) mass is 410 g/mol. The number of halogens is 1. The lowest BCUT2D eigenvalue weighted by molar-refractivity contribution is 0.371. The zero-order valence-electron chi connectivity index (χ0n) is 15.7. The van der Waals surface area contributed by atoms with Gasteiger partial charge in [-0.25, -0.2) is 4.39 Å². The SMILES string of the molecule is COc1ccc(C2=NN(S(=O)(=O)c3ccccc3)[C@H](c3ccc(F)cc3)C2)cc1. The maximum Gasteiger partial charge on any atom is 0.279 e. The molecular weight excluding hydrogens is 391 g/mol. The van der Waals surface area contributed by atoms with Crippen LogP contribution < -0.4 is 4.74 Å². The van der Waals surface area contributed by atoms with Crippen molar-refractivity contribution in [2.24, 2.45) is 5.10 Å². The molecule has 0 saturated heterocycles. The highest BCUT2D eigenvalue weighted by atomic mass is 32.2. The Bertz CT molecular complexity index is 1130. The van der Waals surface area contributed by atoms with Gasteiger partial charge in [0, 0.05) is 6.42 Å². The summed E-state index contributed by atoms with van der Waals surface area (Å²) in [5.74, 6) is 0.330. The summed E-state index contributed by atoms with van der Waals surface area (Å²) in [5, 5.41) is 4.47. The van der Waals surface area contributed by atoms with E-state index in [-0.39, 0.29) is 10.7 Å². The smallest absolute Gasteiger partial charge is 0.279 e. The number of hydrogen-bond acceptors (Lipinski definition) is 4. The summed E-state index contributed by atoms with van der Waals surface area (Å²) in [6.07, 6.45) is 0.379. The van der Waals surface area contributed by atoms with Crippen LogP contribution in [0.25, 0.3) is 0 Å². The molecule has 1 aliphatic rings. The van der Waals surface area contributed by atoms with E-state index in [0.717, 1.165) is 9.98 Å². The van der Waals surface area contributed by atoms with Crippen molar-refractivity contribution in [3.63, 3.8) is 0 Å². The molecule has 1 atom stereocenters. The Kier molecular flexibility index (Phi) is 5.07. The Morgan fingerprint density at radius 3 is 2.24 bits per heavy atom. The standard InChI is InChI=1S/C22H19FN2O3S/c1-28-19-13-9-16(10-14-19)21-15-22(17-7-11-18(23)12-8-17)25(24-21)29(26,27)20-5-3-2-4-6-20/h2-14,22H,15H2,1H3/t22-/m0/s1. The summed E-state index contributed by atoms with van der Waals surface area (Å²) < 4.78 is 46.3. The van der Waals surface area contributed by atoms with Crippen molar-refractivity contribution < 1.29 is 17.5 Å². The van der Waals surface area contributed by atoms with Crippen LogP contribution in [0.15, 0.2) is 88.9 Å². The molecule has 7 heteroatoms. The number of methoxy groups -OCH3 is 1. The predicted molar refractivity (Wildman–Crippen MR) is 109 cm³/mol. The van der Waals surface area contributed by atoms with Crippen molar-refractivity contribution in [1.29, 1.82) is 0 Å². The first-order chi connectivity index (χ1) is 14.0. The van der Waals surface area contributed by atoms with Gasteiger partial charge < -0.3 is 4.74 Å². The van der Waals surface area contributed by atoms with Crippen LogP contribution in [0.3, 0.4) is 0 Å². The van der Waals surface area contributed by atoms with Crippen molar-refractivity contribution in [3.05, 3.63) is 95.8 Å². The summed E-state index contributed by atoms with van der Waals surface area (Å²) in [6, 6.07) is 20.8. The summed E-state index contributed by atoms with van der Waals surface area (Å²) in [6.45, 7) is 0. The molecule has 0 saturated carbocycles. The maximum absolute atomic E-state index is 13.4. The molecular formula is C22H19FN2O3S. The molecule has 0 amide bonds. The first-order valence-corrected chi connectivity index (χ1v) is 10.5. The second-order valence-electron chi connectivity index (χ2n) is 6.64. The van der Waals surface area contributed by atoms with Crippen LogP contribution in [0.1, 0.15) is 23.6 Å². The number of benzene rings is 3. The molecule has 0 unspecified atom stereocenters. The van der Waals surface area contributed by atoms with Crippen LogP contribution in [0.4, 0.5) is 4.39 Å². The minimum atomic E-state index is -3.87. The zero-order valence-corrected chi connectivity index (χ0v) is 16.5. The Balaban J connectivity index is 1.77. The molecule has 0 spiro atoms. The van der Waals surface area contributed by atoms with Crippen molar-refractivity contribution in [2.75, 3.05) is 7.11 Å². The maximum atomic E-state index is 13.4. The van der Waals surface area contributed by atoms with Crippen LogP contribution in [-0.2, 0) is 10.0 Å². The number of nitrogens with zero attached hydrogens (tertiary/aromatic N) is 2. The molecule has 1 aliphatic heterocycles. The average molecular weight is 410 g/mol. The van der Waals surface area contributed by atoms with E-state index < -0.39 is 16.1 Å². The molecule has 0 N–H and O–H groups in total. The molecule has 1 heterocycles. The highest BCUT2D eigenvalue weighted by Gasteiger charge is 2.37. The number of hydrazone groups is 1. The molecule has 29 heavy (non-hydrogen) atoms. The predicted octanol–water partition coefficient (Wildman–Crippen LogP) is 4.37. The van der Waals surface area contributed by atoms with E-state index in [4.69, 9.17) is 4.74 Å². The lowest BCUT2D eigenvalue weighted by atomic mass is 9.99. The van der Waals surface area contributed by atoms with Crippen LogP contribution >= 0.6 is 0 Å². The molecule has 5 nitrogen and oxygen atoms in total. The molecule has 0 radical (unpaired) electrons. The molecule has 3 aromatic carbocycles. The van der Waals surface area contributed by atoms with Crippen LogP contribution in [-0.4, -0.2) is 25.7 Å². The van der Waals surface area contributed by atoms with Crippen LogP contribution in [0.5, 0.6) is 5.75 Å². The van der Waals surface area contributed by atoms with Gasteiger partial charge in [-0.2, -0.15) is 17.9 Å². The van der Waals surface area contributed by atoms with E-state index in [9.17, 15) is 12.8 Å². The van der Waals surface area contributed by atoms with Crippen molar-refractivity contribution in [1.82, 2.24) is 4.41 Å². The highest BCUT2D eigenvalue weighted by molar-refractivity contribution is 7.89. The van der Waals surface area contributed by atoms with E-state index in [1.807, 2.05) is 12.1 Å². The third kappa shape index (κ3) is 3.73. The Labute approximate surface area is 169 Å². The molecule has 3 aromatic rings. The van der Waals surface area contributed by atoms with Gasteiger partial charge >= 0.3 is 0 Å². The van der Waals surface area contributed by atoms with Gasteiger partial charge in [0.2, 0.25) is 0 Å². The van der Waals surface area contributed by atoms with Gasteiger partial charge in [-0.05, 0) is 59.7 Å². The lowest BCUT2D eigenvalue weighted by Gasteiger charge is -2.23. The van der Waals surface area contributed by atoms with E-state index in [1.54, 1.807) is 49.6 Å². The van der Waals surface area contributed by atoms with E-state index in [0.29, 0.717) is 23.4 Å². The first kappa shape index (κ1) is 19.1. The van der Waals surface area contributed by atoms with Gasteiger partial charge in [0.25, 0.3) is 10.0 Å². The summed E-state index contributed by atoms with van der Waals surface area (Å²) in [5.41, 5.74) is 2.13. The topological polar surface area (TPSA) is 59.0 Å². The van der Waals surface area contributed by atoms with Crippen LogP contribution in [0, 0.1) is 5.82 Å². The molecule has 0 bridgehead atoms. The van der Waals surface area contributed by atoms with E-state index in [1.165, 1.54) is 24.3 Å². The minimum Gasteiger partial charge on any atom is -0.497 e. The Morgan fingerprint density at radius 1 is 0.966 bits per heavy atom. The second-order valence-corrected chi connectivity index (χ2v) is 8.43. The molecule has 0 aliphatic carbocycles. The van der Waals surface area contributed by atoms with Crippen LogP contribution in [0.2, 0.25) is 0 Å². The van der Waals surface area contributed by atoms with E-state index in [2.05, 4.69) is 5.10 Å². The molecule has 4 rings (SSSR count). The largest absolute Gasteiger partial charge is 0.497 e. The fourth-order valence-corrected chi connectivity index (χ4v) is 4.76. The molecule has 148 valence electrons. The summed E-state index contributed by atoms with van der Waals surface area (Å²) in [7, 11) is -2.29. The van der Waals surface area contributed by atoms with Crippen molar-refractivity contribution >= 4 is 15.7 Å². The van der Waals surface area contributed by atoms with Gasteiger partial charge in [-0.15, -0.1) is 0 Å². The summed E-state index contributed by atoms with van der Waals surface area (Å²) in [4.78, 5) is 0.159. The first-order valence-electron chi connectivity index (χ1n) is 9.06. The normalized spacial score (nSPS) is 16.6. The van der Waals surface area contributed by atoms with Gasteiger partial charge in [-0.3, -0.25) is 0 Å². The Hall–Kier alpha value is -3.19. The van der Waals surface area contributed by atoms with Gasteiger partial charge in [-0.1, -0.05) is 30.3 Å². The number of sulfonamides is 1. The van der Waals surface area contributed by atoms with Gasteiger partial charge in [0.1, 0.15) is 11.6 Å². The van der Waals surface area contributed by atoms with Crippen molar-refractivity contribution in [2.45, 2.75) is 17.4 Å². The van der Waals surface area contributed by atoms with Crippen molar-refractivity contribution in [3.8, 4) is 5.75 Å². The van der Waals surface area contributed by atoms with Gasteiger partial charge in [0.15, 0.2) is 0 Å². The Morgan fingerprint density at radius 2 is 1.62 bits per heavy atom. The average Bonchev–Trinajstić information content (AvgIpc) is 3.21. The third-order valence-corrected chi connectivity index (χ3v) is 6.53. The van der Waals surface area contributed by atoms with Gasteiger partial charge in [0.05, 0.1) is 23.8 Å². The minimum absolute atomic E-state index is 0.159.